The number of anilines is 2. The number of aryl methyl sites for hydroxylation is 2. The molecule has 8 rings (SSSR count). The molecule has 0 radical (unpaired) electrons. The maximum absolute atomic E-state index is 13.1. The molecule has 388 valence electrons. The number of nitrogens with one attached hydrogen (secondary N) is 4. The van der Waals surface area contributed by atoms with Gasteiger partial charge in [0.15, 0.2) is 18.2 Å². The second kappa shape index (κ2) is 30.7. The van der Waals surface area contributed by atoms with E-state index in [1.165, 1.54) is 14.1 Å². The van der Waals surface area contributed by atoms with Crippen molar-refractivity contribution >= 4 is 93.3 Å². The summed E-state index contributed by atoms with van der Waals surface area (Å²) in [6.07, 6.45) is -0.532. The third kappa shape index (κ3) is 16.2. The van der Waals surface area contributed by atoms with Crippen LogP contribution in [0.5, 0.6) is 0 Å². The van der Waals surface area contributed by atoms with Gasteiger partial charge in [0, 0.05) is 60.6 Å². The number of carbonyl (C=O) groups is 11. The van der Waals surface area contributed by atoms with E-state index in [1.54, 1.807) is 66.7 Å². The maximum atomic E-state index is 13.1. The van der Waals surface area contributed by atoms with Crippen molar-refractivity contribution in [2.45, 2.75) is 36.9 Å². The number of imide groups is 2. The van der Waals surface area contributed by atoms with Gasteiger partial charge in [0.1, 0.15) is 13.1 Å². The summed E-state index contributed by atoms with van der Waals surface area (Å²) >= 11 is 3.10. The quantitative estimate of drug-likeness (QED) is 0.0150. The van der Waals surface area contributed by atoms with Crippen molar-refractivity contribution in [3.63, 3.8) is 0 Å². The molecule has 4 aromatic rings. The number of benzene rings is 4. The second-order valence-electron chi connectivity index (χ2n) is 15.3. The number of urea groups is 2. The van der Waals surface area contributed by atoms with Crippen LogP contribution in [0.25, 0.3) is 0 Å². The van der Waals surface area contributed by atoms with Crippen LogP contribution in [0.4, 0.5) is 34.9 Å². The van der Waals surface area contributed by atoms with Crippen molar-refractivity contribution in [1.29, 1.82) is 0 Å². The zero-order valence-corrected chi connectivity index (χ0v) is 46.4. The van der Waals surface area contributed by atoms with Gasteiger partial charge in [0.2, 0.25) is 11.2 Å². The van der Waals surface area contributed by atoms with Crippen molar-refractivity contribution in [3.05, 3.63) is 130 Å². The van der Waals surface area contributed by atoms with Crippen molar-refractivity contribution < 1.29 is 149 Å². The first-order chi connectivity index (χ1) is 35.4. The van der Waals surface area contributed by atoms with Crippen LogP contribution in [-0.4, -0.2) is 127 Å². The summed E-state index contributed by atoms with van der Waals surface area (Å²) < 4.78 is 31.2. The molecular formula is C48H48BrFN6Na2O17. The minimum Gasteiger partial charge on any atom is -1.00 e. The molecule has 27 heteroatoms. The average molecular weight is 1130 g/mol. The molecule has 0 saturated carbocycles. The molecule has 0 bridgehead atoms. The maximum Gasteiger partial charge on any atom is 1.00 e. The van der Waals surface area contributed by atoms with Gasteiger partial charge in [-0.1, -0.05) is 88.7 Å². The Balaban J connectivity index is 0.000000588. The molecule has 4 aromatic carbocycles. The number of hydrogen-bond donors (Lipinski definition) is 5. The van der Waals surface area contributed by atoms with Gasteiger partial charge in [-0.15, -0.1) is 0 Å². The van der Waals surface area contributed by atoms with E-state index in [0.717, 1.165) is 16.7 Å². The Bertz CT molecular complexity index is 2780. The fraction of sp³-hybridized carbons (Fsp3) is 0.271. The third-order valence-electron chi connectivity index (χ3n) is 11.0. The summed E-state index contributed by atoms with van der Waals surface area (Å²) in [5, 5.41) is 27.8. The summed E-state index contributed by atoms with van der Waals surface area (Å²) in [5.74, 6) is -3.79. The fourth-order valence-corrected chi connectivity index (χ4v) is 8.04. The van der Waals surface area contributed by atoms with Crippen molar-refractivity contribution in [1.82, 2.24) is 20.4 Å². The number of rotatable bonds is 12. The van der Waals surface area contributed by atoms with Crippen LogP contribution in [0.1, 0.15) is 58.6 Å². The van der Waals surface area contributed by atoms with Crippen molar-refractivity contribution in [2.24, 2.45) is 0 Å². The molecule has 0 unspecified atom stereocenters. The number of ketones is 2. The second-order valence-corrected chi connectivity index (χ2v) is 15.8. The van der Waals surface area contributed by atoms with Crippen LogP contribution in [0, 0.1) is 0 Å². The van der Waals surface area contributed by atoms with Crippen molar-refractivity contribution in [3.8, 4) is 0 Å². The molecule has 4 aliphatic rings. The smallest absolute Gasteiger partial charge is 1.00 e. The molecule has 2 aliphatic heterocycles. The van der Waals surface area contributed by atoms with E-state index in [9.17, 15) is 52.3 Å². The van der Waals surface area contributed by atoms with Gasteiger partial charge in [-0.2, -0.15) is 0 Å². The Labute approximate surface area is 483 Å². The number of halogens is 2. The molecule has 2 saturated heterocycles. The minimum absolute atomic E-state index is 0. The van der Waals surface area contributed by atoms with E-state index in [-0.39, 0.29) is 97.7 Å². The Morgan fingerprint density at radius 3 is 1.52 bits per heavy atom. The van der Waals surface area contributed by atoms with E-state index in [4.69, 9.17) is 30.7 Å². The van der Waals surface area contributed by atoms with E-state index >= 15 is 0 Å². The van der Waals surface area contributed by atoms with Crippen LogP contribution in [0.15, 0.2) is 97.1 Å². The summed E-state index contributed by atoms with van der Waals surface area (Å²) in [7, 11) is 1.98. The molecule has 75 heavy (non-hydrogen) atoms. The molecule has 5 N–H and O–H groups in total. The van der Waals surface area contributed by atoms with Gasteiger partial charge in [-0.05, 0) is 48.2 Å². The molecule has 2 heterocycles. The van der Waals surface area contributed by atoms with E-state index in [0.29, 0.717) is 56.0 Å². The summed E-state index contributed by atoms with van der Waals surface area (Å²) in [5.41, 5.74) is 1.80. The summed E-state index contributed by atoms with van der Waals surface area (Å²) in [6, 6.07) is 26.6. The topological polar surface area (TPSA) is 323 Å². The number of nitrogens with zero attached hydrogens (tertiary/aromatic N) is 2. The van der Waals surface area contributed by atoms with E-state index in [1.807, 2.05) is 30.3 Å². The SMILES string of the molecule is CNC(=O)Nc1ccc2c(c1)CC[C@@]21OC(=O)N(CC(=O)O)C1=O.CNC(=O)Nc1ccc2c(c1)CC[C@@]21OC(=O)N(CC(=O)OCC(=O)c2ccccc2)C1=O.O=C(CBr)c1ccccc1.O=CO[O-].[2H]CF.[H-].[Na+].[Na+]. The zero-order chi connectivity index (χ0) is 54.6. The van der Waals surface area contributed by atoms with Gasteiger partial charge in [-0.3, -0.25) is 38.0 Å². The number of amides is 8. The number of carboxylic acid groups (broad SMARTS) is 1. The molecule has 2 fully saturated rings. The first kappa shape index (κ1) is 62.7. The molecule has 23 nitrogen and oxygen atoms in total. The van der Waals surface area contributed by atoms with Crippen LogP contribution in [0.2, 0.25) is 0 Å². The Hall–Kier alpha value is -6.58. The molecule has 2 aliphatic carbocycles. The number of esters is 1. The number of hydrogen-bond acceptors (Lipinski definition) is 16. The fourth-order valence-electron chi connectivity index (χ4n) is 7.71. The van der Waals surface area contributed by atoms with Gasteiger partial charge in [0.05, 0.1) is 13.9 Å². The number of carbonyl (C=O) groups excluding carboxylic acids is 10. The summed E-state index contributed by atoms with van der Waals surface area (Å²) in [6.45, 7) is -2.08. The number of aliphatic carboxylic acids is 1. The number of alkyl halides is 2. The number of ether oxygens (including phenoxy) is 3. The van der Waals surface area contributed by atoms with Crippen LogP contribution < -0.4 is 85.6 Å². The molecular weight excluding hydrogens is 1080 g/mol. The van der Waals surface area contributed by atoms with Crippen molar-refractivity contribution in [2.75, 3.05) is 56.9 Å². The molecule has 0 aromatic heterocycles. The van der Waals surface area contributed by atoms with Gasteiger partial charge >= 0.3 is 95.3 Å². The first-order valence-electron chi connectivity index (χ1n) is 22.1. The summed E-state index contributed by atoms with van der Waals surface area (Å²) in [4.78, 5) is 132. The first-order valence-corrected chi connectivity index (χ1v) is 22.5. The Kier molecular flexibility index (Phi) is 25.7. The van der Waals surface area contributed by atoms with Gasteiger partial charge < -0.3 is 52.2 Å². The third-order valence-corrected chi connectivity index (χ3v) is 11.5. The Morgan fingerprint density at radius 1 is 0.747 bits per heavy atom. The van der Waals surface area contributed by atoms with Crippen LogP contribution >= 0.6 is 15.9 Å². The Morgan fingerprint density at radius 2 is 1.15 bits per heavy atom. The minimum atomic E-state index is -1.52. The molecule has 2 atom stereocenters. The van der Waals surface area contributed by atoms with E-state index in [2.05, 4.69) is 42.1 Å². The predicted molar refractivity (Wildman–Crippen MR) is 255 cm³/mol. The largest absolute Gasteiger partial charge is 1.00 e. The van der Waals surface area contributed by atoms with Gasteiger partial charge in [-0.25, -0.2) is 29.0 Å². The average Bonchev–Trinajstić information content (AvgIpc) is 4.10. The number of Topliss-reactive ketones (excluding diaryl/α,β-unsaturated/α-hetero) is 2. The molecule has 2 spiro atoms. The van der Waals surface area contributed by atoms with E-state index < -0.39 is 79.8 Å². The number of carboxylic acids is 1. The monoisotopic (exact) mass is 1130 g/mol. The number of fused-ring (bicyclic) bond motifs is 4. The zero-order valence-electron chi connectivity index (χ0n) is 42.8. The molecule has 8 amide bonds. The predicted octanol–water partition coefficient (Wildman–Crippen LogP) is -1.97. The van der Waals surface area contributed by atoms with Crippen LogP contribution in [0.3, 0.4) is 0 Å². The van der Waals surface area contributed by atoms with Crippen LogP contribution in [-0.2, 0) is 67.1 Å². The normalized spacial score (nSPS) is 16.9. The standard InChI is InChI=1S/C23H21N3O7.C15H15N3O6.C8H7BrO.CH3F.CH2O3.2Na.H/c1-24-21(30)25-16-7-8-17-15(11-16)9-10-23(17)20(29)26(22(31)33-23)12-19(28)32-13-18(27)14-5-3-2-4-6-14;1-16-13(22)17-9-2-3-10-8(6-9)4-5-15(10)12(21)18(7-11(19)20)14(23)24-15;9-6-8(10)7-4-2-1-3-5-7;1-2;2-1-4-3;;;/h2-8,11H,9-10,12-13H2,1H3,(H2,24,25,30);2-3,6H,4-5,7H2,1H3,(H,19,20)(H2,16,17,22);1-5H,6H2;1H3;1,3H;;;/q;;;;;2*+1;-1/p-1/t23-;15-;;;;;;/m11....../s1/i;;;1D;;;;. The van der Waals surface area contributed by atoms with Gasteiger partial charge in [0.25, 0.3) is 18.3 Å².